The number of rotatable bonds is 1. The van der Waals surface area contributed by atoms with Crippen LogP contribution in [0.4, 0.5) is 8.78 Å². The van der Waals surface area contributed by atoms with Crippen molar-refractivity contribution >= 4 is 0 Å². The van der Waals surface area contributed by atoms with Crippen molar-refractivity contribution in [3.63, 3.8) is 0 Å². The molecule has 1 aromatic rings. The van der Waals surface area contributed by atoms with Gasteiger partial charge in [0.1, 0.15) is 5.82 Å². The maximum atomic E-state index is 12.4. The number of nitrogens with one attached hydrogen (secondary N) is 1. The highest BCUT2D eigenvalue weighted by Crippen LogP contribution is 2.17. The second-order valence-electron chi connectivity index (χ2n) is 2.93. The van der Waals surface area contributed by atoms with Gasteiger partial charge < -0.3 is 9.88 Å². The average Bonchev–Trinajstić information content (AvgIpc) is 2.36. The van der Waals surface area contributed by atoms with Crippen LogP contribution < -0.4 is 5.32 Å². The molecule has 0 saturated carbocycles. The Morgan fingerprint density at radius 3 is 2.92 bits per heavy atom. The topological polar surface area (TPSA) is 42.7 Å². The Morgan fingerprint density at radius 1 is 1.31 bits per heavy atom. The molecule has 13 heavy (non-hydrogen) atoms. The molecule has 1 N–H and O–H groups in total. The number of nitrogens with zero attached hydrogens (tertiary/aromatic N) is 3. The lowest BCUT2D eigenvalue weighted by Crippen LogP contribution is -2.18. The van der Waals surface area contributed by atoms with E-state index in [0.29, 0.717) is 25.3 Å². The molecule has 0 saturated heterocycles. The Hall–Kier alpha value is -1.04. The molecule has 1 aromatic heterocycles. The molecule has 0 atom stereocenters. The van der Waals surface area contributed by atoms with Crippen LogP contribution in [-0.2, 0) is 13.0 Å². The van der Waals surface area contributed by atoms with Gasteiger partial charge in [-0.25, -0.2) is 8.78 Å². The lowest BCUT2D eigenvalue weighted by atomic mass is 10.4. The third-order valence-electron chi connectivity index (χ3n) is 2.09. The summed E-state index contributed by atoms with van der Waals surface area (Å²) in [6, 6.07) is 0. The van der Waals surface area contributed by atoms with E-state index in [4.69, 9.17) is 0 Å². The third-order valence-corrected chi connectivity index (χ3v) is 2.09. The fourth-order valence-electron chi connectivity index (χ4n) is 1.46. The minimum Gasteiger partial charge on any atom is -0.315 e. The normalized spacial score (nSPS) is 17.2. The summed E-state index contributed by atoms with van der Waals surface area (Å²) in [4.78, 5) is 0. The Morgan fingerprint density at radius 2 is 2.15 bits per heavy atom. The number of fused-ring (bicyclic) bond motifs is 1. The maximum absolute atomic E-state index is 12.4. The van der Waals surface area contributed by atoms with Gasteiger partial charge in [0, 0.05) is 26.1 Å². The van der Waals surface area contributed by atoms with Crippen molar-refractivity contribution in [3.8, 4) is 0 Å². The van der Waals surface area contributed by atoms with Crippen molar-refractivity contribution in [1.29, 1.82) is 0 Å². The summed E-state index contributed by atoms with van der Waals surface area (Å²) >= 11 is 0. The average molecular weight is 188 g/mol. The van der Waals surface area contributed by atoms with Gasteiger partial charge in [0.2, 0.25) is 0 Å². The van der Waals surface area contributed by atoms with Gasteiger partial charge in [0.05, 0.1) is 0 Å². The Bertz CT molecular complexity index is 297. The molecule has 0 bridgehead atoms. The largest absolute Gasteiger partial charge is 0.315 e. The van der Waals surface area contributed by atoms with E-state index in [1.807, 2.05) is 0 Å². The SMILES string of the molecule is FC(F)c1nnc2n1CCNCC2. The molecule has 0 aromatic carbocycles. The van der Waals surface area contributed by atoms with Crippen LogP contribution in [0, 0.1) is 0 Å². The van der Waals surface area contributed by atoms with Gasteiger partial charge in [-0.2, -0.15) is 0 Å². The van der Waals surface area contributed by atoms with Crippen LogP contribution in [0.1, 0.15) is 18.1 Å². The van der Waals surface area contributed by atoms with E-state index in [0.717, 1.165) is 6.54 Å². The number of hydrogen-bond donors (Lipinski definition) is 1. The Balaban J connectivity index is 2.34. The van der Waals surface area contributed by atoms with Crippen molar-refractivity contribution in [2.45, 2.75) is 19.4 Å². The lowest BCUT2D eigenvalue weighted by molar-refractivity contribution is 0.134. The highest BCUT2D eigenvalue weighted by Gasteiger charge is 2.20. The molecule has 72 valence electrons. The second kappa shape index (κ2) is 3.37. The molecule has 2 heterocycles. The van der Waals surface area contributed by atoms with Crippen LogP contribution >= 0.6 is 0 Å². The maximum Gasteiger partial charge on any atom is 0.297 e. The highest BCUT2D eigenvalue weighted by atomic mass is 19.3. The Kier molecular flexibility index (Phi) is 2.22. The second-order valence-corrected chi connectivity index (χ2v) is 2.93. The van der Waals surface area contributed by atoms with Crippen LogP contribution in [-0.4, -0.2) is 27.9 Å². The minimum atomic E-state index is -2.53. The van der Waals surface area contributed by atoms with Crippen LogP contribution in [0.15, 0.2) is 0 Å². The monoisotopic (exact) mass is 188 g/mol. The predicted octanol–water partition coefficient (Wildman–Crippen LogP) is 0.361. The summed E-state index contributed by atoms with van der Waals surface area (Å²) in [6.45, 7) is 2.01. The smallest absolute Gasteiger partial charge is 0.297 e. The number of aromatic nitrogens is 3. The van der Waals surface area contributed by atoms with Gasteiger partial charge in [-0.3, -0.25) is 0 Å². The van der Waals surface area contributed by atoms with E-state index in [-0.39, 0.29) is 5.82 Å². The summed E-state index contributed by atoms with van der Waals surface area (Å²) in [6.07, 6.45) is -1.86. The zero-order valence-corrected chi connectivity index (χ0v) is 7.00. The number of halogens is 2. The first-order chi connectivity index (χ1) is 6.29. The van der Waals surface area contributed by atoms with Gasteiger partial charge in [0.25, 0.3) is 6.43 Å². The Labute approximate surface area is 74.0 Å². The van der Waals surface area contributed by atoms with E-state index < -0.39 is 6.43 Å². The molecule has 1 aliphatic heterocycles. The van der Waals surface area contributed by atoms with Crippen LogP contribution in [0.2, 0.25) is 0 Å². The standard InChI is InChI=1S/C7H10F2N4/c8-6(9)7-12-11-5-1-2-10-3-4-13(5)7/h6,10H,1-4H2. The molecule has 1 aliphatic rings. The molecular formula is C7H10F2N4. The number of hydrogen-bond acceptors (Lipinski definition) is 3. The van der Waals surface area contributed by atoms with E-state index in [2.05, 4.69) is 15.5 Å². The molecule has 0 aliphatic carbocycles. The predicted molar refractivity (Wildman–Crippen MR) is 41.6 cm³/mol. The van der Waals surface area contributed by atoms with E-state index >= 15 is 0 Å². The van der Waals surface area contributed by atoms with Crippen LogP contribution in [0.3, 0.4) is 0 Å². The highest BCUT2D eigenvalue weighted by molar-refractivity contribution is 4.99. The van der Waals surface area contributed by atoms with E-state index in [1.165, 1.54) is 4.57 Å². The zero-order valence-electron chi connectivity index (χ0n) is 7.00. The van der Waals surface area contributed by atoms with Gasteiger partial charge in [0.15, 0.2) is 5.82 Å². The van der Waals surface area contributed by atoms with Crippen molar-refractivity contribution in [3.05, 3.63) is 11.6 Å². The number of alkyl halides is 2. The van der Waals surface area contributed by atoms with Gasteiger partial charge in [-0.1, -0.05) is 0 Å². The summed E-state index contributed by atoms with van der Waals surface area (Å²) in [7, 11) is 0. The minimum absolute atomic E-state index is 0.210. The summed E-state index contributed by atoms with van der Waals surface area (Å²) < 4.78 is 26.3. The van der Waals surface area contributed by atoms with Crippen molar-refractivity contribution < 1.29 is 8.78 Å². The van der Waals surface area contributed by atoms with Gasteiger partial charge in [-0.05, 0) is 0 Å². The fourth-order valence-corrected chi connectivity index (χ4v) is 1.46. The fraction of sp³-hybridized carbons (Fsp3) is 0.714. The quantitative estimate of drug-likeness (QED) is 0.692. The first-order valence-electron chi connectivity index (χ1n) is 4.20. The molecule has 0 radical (unpaired) electrons. The van der Waals surface area contributed by atoms with Crippen molar-refractivity contribution in [1.82, 2.24) is 20.1 Å². The van der Waals surface area contributed by atoms with Crippen LogP contribution in [0.25, 0.3) is 0 Å². The first kappa shape index (κ1) is 8.55. The molecule has 4 nitrogen and oxygen atoms in total. The zero-order chi connectivity index (χ0) is 9.26. The van der Waals surface area contributed by atoms with Gasteiger partial charge in [-0.15, -0.1) is 10.2 Å². The van der Waals surface area contributed by atoms with Crippen molar-refractivity contribution in [2.75, 3.05) is 13.1 Å². The third kappa shape index (κ3) is 1.53. The molecule has 2 rings (SSSR count). The summed E-state index contributed by atoms with van der Waals surface area (Å²) in [5, 5.41) is 10.3. The molecule has 6 heteroatoms. The lowest BCUT2D eigenvalue weighted by Gasteiger charge is -2.04. The molecule has 0 spiro atoms. The molecule has 0 unspecified atom stereocenters. The first-order valence-corrected chi connectivity index (χ1v) is 4.20. The van der Waals surface area contributed by atoms with Gasteiger partial charge >= 0.3 is 0 Å². The van der Waals surface area contributed by atoms with Crippen LogP contribution in [0.5, 0.6) is 0 Å². The summed E-state index contributed by atoms with van der Waals surface area (Å²) in [5.41, 5.74) is 0. The van der Waals surface area contributed by atoms with Crippen molar-refractivity contribution in [2.24, 2.45) is 0 Å². The molecule has 0 fully saturated rings. The molecular weight excluding hydrogens is 178 g/mol. The van der Waals surface area contributed by atoms with E-state index in [9.17, 15) is 8.78 Å². The summed E-state index contributed by atoms with van der Waals surface area (Å²) in [5.74, 6) is 0.444. The van der Waals surface area contributed by atoms with E-state index in [1.54, 1.807) is 0 Å². The molecule has 0 amide bonds.